The Labute approximate surface area is 477 Å². The molecule has 0 bridgehead atoms. The monoisotopic (exact) mass is 1070 g/mol. The first-order chi connectivity index (χ1) is 38.0. The van der Waals surface area contributed by atoms with E-state index in [1.165, 1.54) is 193 Å². The van der Waals surface area contributed by atoms with Crippen LogP contribution in [0, 0.1) is 0 Å². The van der Waals surface area contributed by atoms with E-state index in [0.29, 0.717) is 19.3 Å². The van der Waals surface area contributed by atoms with Crippen LogP contribution in [0.1, 0.15) is 329 Å². The average molecular weight is 1070 g/mol. The van der Waals surface area contributed by atoms with Crippen LogP contribution < -0.4 is 0 Å². The van der Waals surface area contributed by atoms with Gasteiger partial charge in [-0.3, -0.25) is 14.4 Å². The van der Waals surface area contributed by atoms with Gasteiger partial charge in [0.1, 0.15) is 13.2 Å². The smallest absolute Gasteiger partial charge is 0.306 e. The summed E-state index contributed by atoms with van der Waals surface area (Å²) >= 11 is 0. The molecule has 0 aromatic carbocycles. The lowest BCUT2D eigenvalue weighted by atomic mass is 10.0. The first-order valence-corrected chi connectivity index (χ1v) is 33.1. The number of unbranched alkanes of at least 4 members (excludes halogenated alkanes) is 35. The van der Waals surface area contributed by atoms with Gasteiger partial charge in [0.15, 0.2) is 6.10 Å². The molecule has 0 aromatic heterocycles. The lowest BCUT2D eigenvalue weighted by Gasteiger charge is -2.18. The normalized spacial score (nSPS) is 12.6. The highest BCUT2D eigenvalue weighted by molar-refractivity contribution is 5.71. The zero-order valence-corrected chi connectivity index (χ0v) is 51.0. The minimum absolute atomic E-state index is 0.0739. The second-order valence-electron chi connectivity index (χ2n) is 22.0. The Hall–Kier alpha value is -3.41. The molecule has 0 rings (SSSR count). The third kappa shape index (κ3) is 63.3. The van der Waals surface area contributed by atoms with Gasteiger partial charge in [0.25, 0.3) is 0 Å². The van der Waals surface area contributed by atoms with E-state index in [1.807, 2.05) is 0 Å². The van der Waals surface area contributed by atoms with Crippen molar-refractivity contribution in [2.75, 3.05) is 13.2 Å². The van der Waals surface area contributed by atoms with Gasteiger partial charge >= 0.3 is 17.9 Å². The molecule has 0 amide bonds. The maximum absolute atomic E-state index is 12.9. The van der Waals surface area contributed by atoms with Gasteiger partial charge in [-0.1, -0.05) is 298 Å². The first kappa shape index (κ1) is 73.6. The quantitative estimate of drug-likeness (QED) is 0.0261. The van der Waals surface area contributed by atoms with E-state index in [-0.39, 0.29) is 31.1 Å². The topological polar surface area (TPSA) is 78.9 Å². The molecule has 1 unspecified atom stereocenters. The second-order valence-corrected chi connectivity index (χ2v) is 22.0. The standard InChI is InChI=1S/C71H124O6/c1-4-7-10-13-16-19-21-23-25-27-29-30-31-32-33-34-35-36-37-38-39-40-41-42-43-45-46-48-50-52-55-58-61-64-70(73)76-67-68(66-75-69(72)63-60-57-54-18-15-12-9-6-3)77-71(74)65-62-59-56-53-51-49-47-44-28-26-24-22-20-17-14-11-8-5-2/h7,10,16,19,23,25-26,28-30,32-33,35-36,68H,4-6,8-9,11-15,17-18,20-22,24,27,31,34,37-67H2,1-3H3/b10-7-,19-16-,25-23-,28-26-,30-29-,33-32-,36-35-. The molecule has 0 heterocycles. The van der Waals surface area contributed by atoms with Crippen LogP contribution in [0.25, 0.3) is 0 Å². The number of hydrogen-bond acceptors (Lipinski definition) is 6. The maximum Gasteiger partial charge on any atom is 0.306 e. The minimum atomic E-state index is -0.775. The van der Waals surface area contributed by atoms with Crippen LogP contribution >= 0.6 is 0 Å². The second kappa shape index (κ2) is 65.1. The number of hydrogen-bond donors (Lipinski definition) is 0. The molecule has 0 radical (unpaired) electrons. The first-order valence-electron chi connectivity index (χ1n) is 33.1. The summed E-state index contributed by atoms with van der Waals surface area (Å²) < 4.78 is 16.9. The van der Waals surface area contributed by atoms with Gasteiger partial charge in [-0.15, -0.1) is 0 Å². The number of allylic oxidation sites excluding steroid dienone is 14. The third-order valence-electron chi connectivity index (χ3n) is 14.4. The lowest BCUT2D eigenvalue weighted by molar-refractivity contribution is -0.167. The number of carbonyl (C=O) groups excluding carboxylic acids is 3. The molecule has 0 aliphatic rings. The molecule has 0 spiro atoms. The van der Waals surface area contributed by atoms with Gasteiger partial charge in [-0.2, -0.15) is 0 Å². The highest BCUT2D eigenvalue weighted by Gasteiger charge is 2.19. The molecular weight excluding hydrogens is 949 g/mol. The van der Waals surface area contributed by atoms with Crippen LogP contribution in [0.5, 0.6) is 0 Å². The van der Waals surface area contributed by atoms with Gasteiger partial charge in [0.2, 0.25) is 0 Å². The zero-order valence-electron chi connectivity index (χ0n) is 51.0. The fourth-order valence-electron chi connectivity index (χ4n) is 9.44. The Morgan fingerprint density at radius 2 is 0.506 bits per heavy atom. The summed E-state index contributed by atoms with van der Waals surface area (Å²) in [5.74, 6) is -0.870. The van der Waals surface area contributed by atoms with Crippen molar-refractivity contribution in [2.45, 2.75) is 335 Å². The van der Waals surface area contributed by atoms with Crippen LogP contribution in [0.2, 0.25) is 0 Å². The Morgan fingerprint density at radius 3 is 0.805 bits per heavy atom. The number of rotatable bonds is 60. The van der Waals surface area contributed by atoms with Crippen molar-refractivity contribution >= 4 is 17.9 Å². The highest BCUT2D eigenvalue weighted by atomic mass is 16.6. The summed E-state index contributed by atoms with van der Waals surface area (Å²) in [7, 11) is 0. The molecule has 0 fully saturated rings. The van der Waals surface area contributed by atoms with Crippen molar-refractivity contribution < 1.29 is 28.6 Å². The summed E-state index contributed by atoms with van der Waals surface area (Å²) in [6, 6.07) is 0. The van der Waals surface area contributed by atoms with Crippen LogP contribution in [0.4, 0.5) is 0 Å². The zero-order chi connectivity index (χ0) is 55.7. The van der Waals surface area contributed by atoms with Gasteiger partial charge in [-0.05, 0) is 96.3 Å². The SMILES string of the molecule is CC/C=C\C/C=C\C/C=C\C/C=C\C/C=C\C/C=C\CCCCCCCCCCCCCCCCC(=O)OCC(COC(=O)CCCCCCCCCC)OC(=O)CCCCCCCCC/C=C\CCCCCCCCC. The average Bonchev–Trinajstić information content (AvgIpc) is 3.43. The van der Waals surface area contributed by atoms with Gasteiger partial charge < -0.3 is 14.2 Å². The van der Waals surface area contributed by atoms with E-state index >= 15 is 0 Å². The third-order valence-corrected chi connectivity index (χ3v) is 14.4. The summed E-state index contributed by atoms with van der Waals surface area (Å²) in [6.07, 6.45) is 86.2. The summed E-state index contributed by atoms with van der Waals surface area (Å²) in [5, 5.41) is 0. The van der Waals surface area contributed by atoms with E-state index in [0.717, 1.165) is 96.3 Å². The summed E-state index contributed by atoms with van der Waals surface area (Å²) in [6.45, 7) is 6.52. The molecule has 444 valence electrons. The number of esters is 3. The number of carbonyl (C=O) groups is 3. The fourth-order valence-corrected chi connectivity index (χ4v) is 9.44. The Balaban J connectivity index is 4.09. The van der Waals surface area contributed by atoms with Crippen LogP contribution in [0.15, 0.2) is 85.1 Å². The Kier molecular flexibility index (Phi) is 62.2. The number of ether oxygens (including phenoxy) is 3. The molecule has 0 N–H and O–H groups in total. The van der Waals surface area contributed by atoms with E-state index in [2.05, 4.69) is 106 Å². The minimum Gasteiger partial charge on any atom is -0.462 e. The van der Waals surface area contributed by atoms with Crippen LogP contribution in [-0.4, -0.2) is 37.2 Å². The van der Waals surface area contributed by atoms with Gasteiger partial charge in [0, 0.05) is 19.3 Å². The molecule has 6 nitrogen and oxygen atoms in total. The largest absolute Gasteiger partial charge is 0.462 e. The predicted octanol–water partition coefficient (Wildman–Crippen LogP) is 22.7. The van der Waals surface area contributed by atoms with E-state index in [9.17, 15) is 14.4 Å². The van der Waals surface area contributed by atoms with E-state index in [1.54, 1.807) is 0 Å². The molecule has 0 aliphatic carbocycles. The van der Waals surface area contributed by atoms with Gasteiger partial charge in [-0.25, -0.2) is 0 Å². The van der Waals surface area contributed by atoms with Crippen molar-refractivity contribution in [3.63, 3.8) is 0 Å². The van der Waals surface area contributed by atoms with Gasteiger partial charge in [0.05, 0.1) is 0 Å². The van der Waals surface area contributed by atoms with Crippen LogP contribution in [0.3, 0.4) is 0 Å². The highest BCUT2D eigenvalue weighted by Crippen LogP contribution is 2.17. The van der Waals surface area contributed by atoms with Crippen molar-refractivity contribution in [2.24, 2.45) is 0 Å². The van der Waals surface area contributed by atoms with Crippen LogP contribution in [-0.2, 0) is 28.6 Å². The fraction of sp³-hybridized carbons (Fsp3) is 0.761. The molecule has 0 saturated carbocycles. The summed E-state index contributed by atoms with van der Waals surface area (Å²) in [4.78, 5) is 38.1. The van der Waals surface area contributed by atoms with Crippen molar-refractivity contribution in [1.82, 2.24) is 0 Å². The van der Waals surface area contributed by atoms with Crippen molar-refractivity contribution in [3.8, 4) is 0 Å². The molecular formula is C71H124O6. The van der Waals surface area contributed by atoms with Crippen molar-refractivity contribution in [3.05, 3.63) is 85.1 Å². The molecule has 77 heavy (non-hydrogen) atoms. The Morgan fingerprint density at radius 1 is 0.273 bits per heavy atom. The lowest BCUT2D eigenvalue weighted by Crippen LogP contribution is -2.30. The van der Waals surface area contributed by atoms with Crippen molar-refractivity contribution in [1.29, 1.82) is 0 Å². The Bertz CT molecular complexity index is 1470. The molecule has 1 atom stereocenters. The summed E-state index contributed by atoms with van der Waals surface area (Å²) in [5.41, 5.74) is 0. The molecule has 0 aromatic rings. The van der Waals surface area contributed by atoms with E-state index in [4.69, 9.17) is 14.2 Å². The maximum atomic E-state index is 12.9. The molecule has 0 aliphatic heterocycles. The van der Waals surface area contributed by atoms with E-state index < -0.39 is 6.10 Å². The molecule has 6 heteroatoms. The predicted molar refractivity (Wildman–Crippen MR) is 334 cm³/mol. The molecule has 0 saturated heterocycles.